The van der Waals surface area contributed by atoms with Gasteiger partial charge in [0.25, 0.3) is 5.91 Å². The molecular formula is C11H13F3N2O2. The standard InChI is InChI=1S/C11H13F3N2O2/c1-6(5-17)16-10(18)8-4-7(11(12,13)14)2-3-9(8)15/h2-4,6,17H,5,15H2,1H3,(H,16,18)/t6-/m0/s1. The maximum atomic E-state index is 12.5. The van der Waals surface area contributed by atoms with E-state index in [9.17, 15) is 18.0 Å². The molecule has 1 rings (SSSR count). The number of halogens is 3. The summed E-state index contributed by atoms with van der Waals surface area (Å²) in [6, 6.07) is 1.96. The summed E-state index contributed by atoms with van der Waals surface area (Å²) in [6.45, 7) is 1.20. The van der Waals surface area contributed by atoms with E-state index in [1.54, 1.807) is 0 Å². The summed E-state index contributed by atoms with van der Waals surface area (Å²) >= 11 is 0. The summed E-state index contributed by atoms with van der Waals surface area (Å²) in [5, 5.41) is 11.1. The van der Waals surface area contributed by atoms with Crippen LogP contribution in [0.4, 0.5) is 18.9 Å². The molecule has 1 aromatic carbocycles. The molecule has 4 N–H and O–H groups in total. The average Bonchev–Trinajstić information content (AvgIpc) is 2.27. The van der Waals surface area contributed by atoms with Crippen LogP contribution in [0.3, 0.4) is 0 Å². The molecule has 0 aliphatic carbocycles. The first-order valence-electron chi connectivity index (χ1n) is 5.14. The lowest BCUT2D eigenvalue weighted by atomic mass is 10.1. The predicted octanol–water partition coefficient (Wildman–Crippen LogP) is 1.40. The number of hydrogen-bond donors (Lipinski definition) is 3. The van der Waals surface area contributed by atoms with Crippen molar-refractivity contribution in [2.75, 3.05) is 12.3 Å². The van der Waals surface area contributed by atoms with Gasteiger partial charge in [0, 0.05) is 11.7 Å². The van der Waals surface area contributed by atoms with Gasteiger partial charge in [-0.2, -0.15) is 13.2 Å². The number of aliphatic hydroxyl groups is 1. The molecule has 1 aromatic rings. The molecule has 0 spiro atoms. The molecule has 1 atom stereocenters. The van der Waals surface area contributed by atoms with Crippen molar-refractivity contribution in [1.29, 1.82) is 0 Å². The second kappa shape index (κ2) is 5.26. The van der Waals surface area contributed by atoms with E-state index in [-0.39, 0.29) is 17.9 Å². The first-order chi connectivity index (χ1) is 8.25. The number of rotatable bonds is 3. The molecule has 0 fully saturated rings. The van der Waals surface area contributed by atoms with Crippen LogP contribution in [0.25, 0.3) is 0 Å². The summed E-state index contributed by atoms with van der Waals surface area (Å²) in [5.74, 6) is -0.750. The maximum Gasteiger partial charge on any atom is 0.416 e. The molecule has 0 aromatic heterocycles. The van der Waals surface area contributed by atoms with Crippen molar-refractivity contribution in [3.8, 4) is 0 Å². The monoisotopic (exact) mass is 262 g/mol. The Hall–Kier alpha value is -1.76. The lowest BCUT2D eigenvalue weighted by molar-refractivity contribution is -0.137. The molecule has 0 aliphatic heterocycles. The van der Waals surface area contributed by atoms with Gasteiger partial charge < -0.3 is 16.2 Å². The Morgan fingerprint density at radius 3 is 2.61 bits per heavy atom. The van der Waals surface area contributed by atoms with Crippen molar-refractivity contribution >= 4 is 11.6 Å². The minimum absolute atomic E-state index is 0.0503. The molecule has 7 heteroatoms. The smallest absolute Gasteiger partial charge is 0.398 e. The molecule has 0 saturated heterocycles. The third-order valence-electron chi connectivity index (χ3n) is 2.28. The van der Waals surface area contributed by atoms with Crippen molar-refractivity contribution in [3.63, 3.8) is 0 Å². The van der Waals surface area contributed by atoms with Crippen LogP contribution in [0, 0.1) is 0 Å². The fourth-order valence-corrected chi connectivity index (χ4v) is 1.28. The van der Waals surface area contributed by atoms with Crippen LogP contribution in [-0.2, 0) is 6.18 Å². The van der Waals surface area contributed by atoms with Crippen molar-refractivity contribution < 1.29 is 23.1 Å². The zero-order valence-electron chi connectivity index (χ0n) is 9.58. The predicted molar refractivity (Wildman–Crippen MR) is 59.9 cm³/mol. The molecule has 1 amide bonds. The normalized spacial score (nSPS) is 13.2. The molecule has 0 bridgehead atoms. The summed E-state index contributed by atoms with van der Waals surface area (Å²) in [7, 11) is 0. The van der Waals surface area contributed by atoms with E-state index in [1.165, 1.54) is 6.92 Å². The largest absolute Gasteiger partial charge is 0.416 e. The highest BCUT2D eigenvalue weighted by Gasteiger charge is 2.31. The molecule has 0 aliphatic rings. The minimum Gasteiger partial charge on any atom is -0.398 e. The van der Waals surface area contributed by atoms with Crippen LogP contribution in [0.2, 0.25) is 0 Å². The number of alkyl halides is 3. The van der Waals surface area contributed by atoms with Gasteiger partial charge in [-0.1, -0.05) is 0 Å². The third kappa shape index (κ3) is 3.36. The van der Waals surface area contributed by atoms with Gasteiger partial charge in [0.2, 0.25) is 0 Å². The summed E-state index contributed by atoms with van der Waals surface area (Å²) in [6.07, 6.45) is -4.54. The van der Waals surface area contributed by atoms with E-state index in [0.29, 0.717) is 6.07 Å². The van der Waals surface area contributed by atoms with Gasteiger partial charge in [0.05, 0.1) is 17.7 Å². The Morgan fingerprint density at radius 1 is 1.50 bits per heavy atom. The number of nitrogens with two attached hydrogens (primary N) is 1. The van der Waals surface area contributed by atoms with E-state index in [1.807, 2.05) is 0 Å². The SMILES string of the molecule is C[C@@H](CO)NC(=O)c1cc(C(F)(F)F)ccc1N. The lowest BCUT2D eigenvalue weighted by Crippen LogP contribution is -2.35. The molecule has 0 radical (unpaired) electrons. The molecule has 0 saturated carbocycles. The van der Waals surface area contributed by atoms with E-state index in [2.05, 4.69) is 5.32 Å². The first-order valence-corrected chi connectivity index (χ1v) is 5.14. The van der Waals surface area contributed by atoms with Gasteiger partial charge in [-0.15, -0.1) is 0 Å². The second-order valence-electron chi connectivity index (χ2n) is 3.86. The zero-order valence-corrected chi connectivity index (χ0v) is 9.58. The summed E-state index contributed by atoms with van der Waals surface area (Å²) in [4.78, 5) is 11.6. The Balaban J connectivity index is 3.04. The number of benzene rings is 1. The van der Waals surface area contributed by atoms with E-state index in [4.69, 9.17) is 10.8 Å². The van der Waals surface area contributed by atoms with Crippen LogP contribution < -0.4 is 11.1 Å². The Labute approximate surface area is 102 Å². The quantitative estimate of drug-likeness (QED) is 0.721. The number of amides is 1. The summed E-state index contributed by atoms with van der Waals surface area (Å²) in [5.41, 5.74) is 4.20. The van der Waals surface area contributed by atoms with Gasteiger partial charge in [-0.25, -0.2) is 0 Å². The maximum absolute atomic E-state index is 12.5. The molecule has 0 unspecified atom stereocenters. The Morgan fingerprint density at radius 2 is 2.11 bits per heavy atom. The number of hydrogen-bond acceptors (Lipinski definition) is 3. The van der Waals surface area contributed by atoms with E-state index in [0.717, 1.165) is 12.1 Å². The van der Waals surface area contributed by atoms with Gasteiger partial charge in [0.1, 0.15) is 0 Å². The van der Waals surface area contributed by atoms with Crippen LogP contribution in [0.15, 0.2) is 18.2 Å². The fraction of sp³-hybridized carbons (Fsp3) is 0.364. The van der Waals surface area contributed by atoms with Crippen LogP contribution >= 0.6 is 0 Å². The third-order valence-corrected chi connectivity index (χ3v) is 2.28. The molecule has 0 heterocycles. The Kier molecular flexibility index (Phi) is 4.18. The van der Waals surface area contributed by atoms with Gasteiger partial charge >= 0.3 is 6.18 Å². The molecule has 18 heavy (non-hydrogen) atoms. The highest BCUT2D eigenvalue weighted by atomic mass is 19.4. The number of anilines is 1. The highest BCUT2D eigenvalue weighted by molar-refractivity contribution is 5.99. The second-order valence-corrected chi connectivity index (χ2v) is 3.86. The number of carbonyl (C=O) groups is 1. The number of aliphatic hydroxyl groups excluding tert-OH is 1. The van der Waals surface area contributed by atoms with E-state index < -0.39 is 23.7 Å². The molecule has 100 valence electrons. The molecular weight excluding hydrogens is 249 g/mol. The number of nitrogens with one attached hydrogen (secondary N) is 1. The van der Waals surface area contributed by atoms with Crippen LogP contribution in [0.1, 0.15) is 22.8 Å². The van der Waals surface area contributed by atoms with Crippen LogP contribution in [-0.4, -0.2) is 23.7 Å². The average molecular weight is 262 g/mol. The molecule has 4 nitrogen and oxygen atoms in total. The van der Waals surface area contributed by atoms with Gasteiger partial charge in [-0.3, -0.25) is 4.79 Å². The Bertz CT molecular complexity index is 446. The zero-order chi connectivity index (χ0) is 13.9. The van der Waals surface area contributed by atoms with Crippen molar-refractivity contribution in [2.45, 2.75) is 19.1 Å². The van der Waals surface area contributed by atoms with Gasteiger partial charge in [-0.05, 0) is 25.1 Å². The lowest BCUT2D eigenvalue weighted by Gasteiger charge is -2.14. The van der Waals surface area contributed by atoms with E-state index >= 15 is 0 Å². The minimum atomic E-state index is -4.54. The number of carbonyl (C=O) groups excluding carboxylic acids is 1. The van der Waals surface area contributed by atoms with Crippen molar-refractivity contribution in [1.82, 2.24) is 5.32 Å². The van der Waals surface area contributed by atoms with Crippen molar-refractivity contribution in [3.05, 3.63) is 29.3 Å². The highest BCUT2D eigenvalue weighted by Crippen LogP contribution is 2.31. The first kappa shape index (κ1) is 14.3. The van der Waals surface area contributed by atoms with Crippen LogP contribution in [0.5, 0.6) is 0 Å². The van der Waals surface area contributed by atoms with Crippen molar-refractivity contribution in [2.24, 2.45) is 0 Å². The summed E-state index contributed by atoms with van der Waals surface area (Å²) < 4.78 is 37.4. The fourth-order valence-electron chi connectivity index (χ4n) is 1.28. The van der Waals surface area contributed by atoms with Gasteiger partial charge in [0.15, 0.2) is 0 Å². The number of nitrogen functional groups attached to an aromatic ring is 1. The topological polar surface area (TPSA) is 75.3 Å².